The fraction of sp³-hybridized carbons (Fsp3) is 0.500. The fourth-order valence-corrected chi connectivity index (χ4v) is 3.00. The summed E-state index contributed by atoms with van der Waals surface area (Å²) in [6.45, 7) is 7.60. The number of carbonyl (C=O) groups is 1. The molecular formula is C18H23N5O4. The Hall–Kier alpha value is -2.97. The maximum absolute atomic E-state index is 11.8. The zero-order valence-corrected chi connectivity index (χ0v) is 15.6. The lowest BCUT2D eigenvalue weighted by atomic mass is 10.1. The highest BCUT2D eigenvalue weighted by Crippen LogP contribution is 2.24. The largest absolute Gasteiger partial charge is 0.444 e. The Morgan fingerprint density at radius 1 is 1.41 bits per heavy atom. The molecule has 27 heavy (non-hydrogen) atoms. The summed E-state index contributed by atoms with van der Waals surface area (Å²) in [5, 5.41) is 13.7. The van der Waals surface area contributed by atoms with Gasteiger partial charge in [0.05, 0.1) is 22.2 Å². The molecule has 1 atom stereocenters. The minimum Gasteiger partial charge on any atom is -0.444 e. The molecule has 0 aliphatic carbocycles. The minimum atomic E-state index is -0.512. The molecule has 9 heteroatoms. The van der Waals surface area contributed by atoms with Crippen LogP contribution in [0.3, 0.4) is 0 Å². The average molecular weight is 373 g/mol. The molecule has 0 spiro atoms. The van der Waals surface area contributed by atoms with E-state index in [4.69, 9.17) is 4.74 Å². The summed E-state index contributed by atoms with van der Waals surface area (Å²) >= 11 is 0. The Morgan fingerprint density at radius 3 is 2.89 bits per heavy atom. The highest BCUT2D eigenvalue weighted by atomic mass is 16.6. The minimum absolute atomic E-state index is 0.000922. The Kier molecular flexibility index (Phi) is 5.11. The second kappa shape index (κ2) is 7.34. The number of alkyl carbamates (subject to hydrolysis) is 1. The van der Waals surface area contributed by atoms with Crippen LogP contribution in [0.5, 0.6) is 0 Å². The first-order valence-electron chi connectivity index (χ1n) is 8.84. The normalized spacial score (nSPS) is 17.1. The number of aromatic nitrogens is 2. The smallest absolute Gasteiger partial charge is 0.407 e. The molecule has 2 heterocycles. The van der Waals surface area contributed by atoms with E-state index in [-0.39, 0.29) is 5.69 Å². The molecule has 1 unspecified atom stereocenters. The first-order chi connectivity index (χ1) is 12.7. The number of amides is 1. The number of fused-ring (bicyclic) bond motifs is 1. The third-order valence-corrected chi connectivity index (χ3v) is 4.27. The van der Waals surface area contributed by atoms with E-state index in [1.54, 1.807) is 12.3 Å². The molecule has 1 amide bonds. The van der Waals surface area contributed by atoms with Crippen molar-refractivity contribution in [1.29, 1.82) is 0 Å². The van der Waals surface area contributed by atoms with E-state index in [0.717, 1.165) is 25.3 Å². The third-order valence-electron chi connectivity index (χ3n) is 4.27. The topological polar surface area (TPSA) is 110 Å². The lowest BCUT2D eigenvalue weighted by Gasteiger charge is -2.21. The number of carbonyl (C=O) groups excluding carboxylic acids is 1. The van der Waals surface area contributed by atoms with Gasteiger partial charge in [-0.15, -0.1) is 0 Å². The van der Waals surface area contributed by atoms with Crippen LogP contribution in [-0.4, -0.2) is 46.2 Å². The summed E-state index contributed by atoms with van der Waals surface area (Å²) in [6.07, 6.45) is 2.15. The summed E-state index contributed by atoms with van der Waals surface area (Å²) in [7, 11) is 0. The van der Waals surface area contributed by atoms with Gasteiger partial charge < -0.3 is 15.0 Å². The van der Waals surface area contributed by atoms with Crippen molar-refractivity contribution in [2.75, 3.05) is 24.5 Å². The summed E-state index contributed by atoms with van der Waals surface area (Å²) in [5.74, 6) is 1.03. The predicted octanol–water partition coefficient (Wildman–Crippen LogP) is 2.89. The number of ether oxygens (including phenoxy) is 1. The second-order valence-corrected chi connectivity index (χ2v) is 7.64. The maximum Gasteiger partial charge on any atom is 0.407 e. The molecule has 1 aromatic carbocycles. The first kappa shape index (κ1) is 18.8. The van der Waals surface area contributed by atoms with Gasteiger partial charge in [-0.2, -0.15) is 0 Å². The number of nitro benzene ring substituents is 1. The van der Waals surface area contributed by atoms with Gasteiger partial charge in [0, 0.05) is 31.8 Å². The van der Waals surface area contributed by atoms with Crippen molar-refractivity contribution in [1.82, 2.24) is 15.3 Å². The van der Waals surface area contributed by atoms with Gasteiger partial charge in [0.1, 0.15) is 11.4 Å². The molecule has 0 radical (unpaired) electrons. The number of rotatable bonds is 4. The molecule has 1 N–H and O–H groups in total. The Morgan fingerprint density at radius 2 is 2.19 bits per heavy atom. The van der Waals surface area contributed by atoms with E-state index in [9.17, 15) is 14.9 Å². The van der Waals surface area contributed by atoms with Crippen molar-refractivity contribution < 1.29 is 14.5 Å². The zero-order chi connectivity index (χ0) is 19.6. The lowest BCUT2D eigenvalue weighted by molar-refractivity contribution is -0.384. The third kappa shape index (κ3) is 4.81. The average Bonchev–Trinajstić information content (AvgIpc) is 3.06. The molecular weight excluding hydrogens is 350 g/mol. The quantitative estimate of drug-likeness (QED) is 0.648. The van der Waals surface area contributed by atoms with Crippen LogP contribution in [0.25, 0.3) is 11.0 Å². The van der Waals surface area contributed by atoms with Crippen LogP contribution >= 0.6 is 0 Å². The van der Waals surface area contributed by atoms with E-state index < -0.39 is 16.6 Å². The van der Waals surface area contributed by atoms with Crippen LogP contribution in [-0.2, 0) is 4.74 Å². The van der Waals surface area contributed by atoms with Gasteiger partial charge >= 0.3 is 6.09 Å². The summed E-state index contributed by atoms with van der Waals surface area (Å²) in [4.78, 5) is 33.2. The second-order valence-electron chi connectivity index (χ2n) is 7.64. The van der Waals surface area contributed by atoms with Crippen molar-refractivity contribution >= 4 is 28.6 Å². The van der Waals surface area contributed by atoms with E-state index in [1.165, 1.54) is 12.1 Å². The predicted molar refractivity (Wildman–Crippen MR) is 101 cm³/mol. The highest BCUT2D eigenvalue weighted by Gasteiger charge is 2.25. The van der Waals surface area contributed by atoms with Crippen LogP contribution < -0.4 is 10.2 Å². The van der Waals surface area contributed by atoms with E-state index in [2.05, 4.69) is 20.2 Å². The Balaban J connectivity index is 1.60. The van der Waals surface area contributed by atoms with Gasteiger partial charge in [0.2, 0.25) is 0 Å². The number of hydrogen-bond acceptors (Lipinski definition) is 7. The molecule has 1 saturated heterocycles. The highest BCUT2D eigenvalue weighted by molar-refractivity contribution is 5.78. The monoisotopic (exact) mass is 373 g/mol. The number of nitrogens with one attached hydrogen (secondary N) is 1. The molecule has 3 rings (SSSR count). The summed E-state index contributed by atoms with van der Waals surface area (Å²) in [6, 6.07) is 4.46. The van der Waals surface area contributed by atoms with Crippen molar-refractivity contribution in [3.8, 4) is 0 Å². The van der Waals surface area contributed by atoms with E-state index >= 15 is 0 Å². The molecule has 1 aliphatic heterocycles. The van der Waals surface area contributed by atoms with Gasteiger partial charge in [0.15, 0.2) is 0 Å². The van der Waals surface area contributed by atoms with Gasteiger partial charge in [-0.25, -0.2) is 9.78 Å². The number of anilines is 1. The zero-order valence-electron chi connectivity index (χ0n) is 15.6. The molecule has 1 aromatic heterocycles. The number of hydrogen-bond donors (Lipinski definition) is 1. The van der Waals surface area contributed by atoms with E-state index in [1.807, 2.05) is 20.8 Å². The Labute approximate surface area is 156 Å². The maximum atomic E-state index is 11.8. The summed E-state index contributed by atoms with van der Waals surface area (Å²) in [5.41, 5.74) is 0.601. The first-order valence-corrected chi connectivity index (χ1v) is 8.84. The fourth-order valence-electron chi connectivity index (χ4n) is 3.00. The van der Waals surface area contributed by atoms with Crippen molar-refractivity contribution in [2.24, 2.45) is 5.92 Å². The lowest BCUT2D eigenvalue weighted by Crippen LogP contribution is -2.36. The molecule has 2 aromatic rings. The number of non-ortho nitro benzene ring substituents is 1. The van der Waals surface area contributed by atoms with E-state index in [0.29, 0.717) is 23.5 Å². The molecule has 0 bridgehead atoms. The van der Waals surface area contributed by atoms with Gasteiger partial charge in [-0.1, -0.05) is 0 Å². The molecule has 0 saturated carbocycles. The van der Waals surface area contributed by atoms with Crippen molar-refractivity contribution in [3.63, 3.8) is 0 Å². The number of nitrogens with zero attached hydrogens (tertiary/aromatic N) is 4. The molecule has 1 aliphatic rings. The molecule has 9 nitrogen and oxygen atoms in total. The van der Waals surface area contributed by atoms with Crippen molar-refractivity contribution in [2.45, 2.75) is 32.8 Å². The van der Waals surface area contributed by atoms with Crippen LogP contribution in [0.2, 0.25) is 0 Å². The van der Waals surface area contributed by atoms with Crippen LogP contribution in [0.15, 0.2) is 24.4 Å². The molecule has 144 valence electrons. The standard InChI is InChI=1S/C18H23N5O4/c1-18(2,3)27-17(24)20-9-12-6-7-22(11-12)16-10-19-15-8-13(23(25)26)4-5-14(15)21-16/h4-5,8,10,12H,6-7,9,11H2,1-3H3,(H,20,24). The van der Waals surface area contributed by atoms with Gasteiger partial charge in [-0.05, 0) is 39.2 Å². The van der Waals surface area contributed by atoms with Crippen molar-refractivity contribution in [3.05, 3.63) is 34.5 Å². The molecule has 1 fully saturated rings. The van der Waals surface area contributed by atoms with Crippen LogP contribution in [0.4, 0.5) is 16.3 Å². The SMILES string of the molecule is CC(C)(C)OC(=O)NCC1CCN(c2cnc3cc([N+](=O)[O-])ccc3n2)C1. The Bertz CT molecular complexity index is 864. The van der Waals surface area contributed by atoms with Gasteiger partial charge in [-0.3, -0.25) is 15.1 Å². The van der Waals surface area contributed by atoms with Gasteiger partial charge in [0.25, 0.3) is 5.69 Å². The van der Waals surface area contributed by atoms with Crippen LogP contribution in [0, 0.1) is 16.0 Å². The number of benzene rings is 1. The number of nitro groups is 1. The van der Waals surface area contributed by atoms with Crippen LogP contribution in [0.1, 0.15) is 27.2 Å². The summed E-state index contributed by atoms with van der Waals surface area (Å²) < 4.78 is 5.25.